The maximum atomic E-state index is 12.5. The van der Waals surface area contributed by atoms with Gasteiger partial charge in [0, 0.05) is 11.3 Å². The number of phenolic OH excluding ortho intramolecular Hbond substituents is 1. The molecule has 3 nitrogen and oxygen atoms in total. The number of aromatic nitrogens is 1. The number of phenols is 1. The monoisotopic (exact) mass is 455 g/mol. The van der Waals surface area contributed by atoms with Crippen molar-refractivity contribution in [3.05, 3.63) is 82.3 Å². The SMILES string of the molecule is O=C(Cc1ccc(Sc2nc3ccccc3s2)cc1)c1cccc(Br)c1O. The first kappa shape index (κ1) is 18.2. The van der Waals surface area contributed by atoms with E-state index >= 15 is 0 Å². The van der Waals surface area contributed by atoms with E-state index in [4.69, 9.17) is 0 Å². The molecule has 0 bridgehead atoms. The van der Waals surface area contributed by atoms with Crippen molar-refractivity contribution in [1.29, 1.82) is 0 Å². The third-order valence-electron chi connectivity index (χ3n) is 4.05. The summed E-state index contributed by atoms with van der Waals surface area (Å²) in [7, 11) is 0. The van der Waals surface area contributed by atoms with Crippen LogP contribution in [0.4, 0.5) is 0 Å². The van der Waals surface area contributed by atoms with Crippen LogP contribution < -0.4 is 0 Å². The van der Waals surface area contributed by atoms with Gasteiger partial charge < -0.3 is 5.11 Å². The molecule has 1 heterocycles. The topological polar surface area (TPSA) is 50.2 Å². The van der Waals surface area contributed by atoms with Crippen molar-refractivity contribution >= 4 is 55.0 Å². The van der Waals surface area contributed by atoms with E-state index in [-0.39, 0.29) is 18.0 Å². The minimum atomic E-state index is -0.111. The van der Waals surface area contributed by atoms with Crippen LogP contribution in [0.25, 0.3) is 10.2 Å². The molecular formula is C21H14BrNO2S2. The predicted octanol–water partition coefficient (Wildman–Crippen LogP) is 6.34. The van der Waals surface area contributed by atoms with Crippen LogP contribution >= 0.6 is 39.0 Å². The van der Waals surface area contributed by atoms with Gasteiger partial charge in [-0.25, -0.2) is 4.98 Å². The zero-order valence-corrected chi connectivity index (χ0v) is 17.3. The van der Waals surface area contributed by atoms with Crippen LogP contribution in [-0.4, -0.2) is 15.9 Å². The molecule has 4 rings (SSSR count). The third-order valence-corrected chi connectivity index (χ3v) is 6.80. The first-order chi connectivity index (χ1) is 13.1. The number of carbonyl (C=O) groups is 1. The standard InChI is InChI=1S/C21H14BrNO2S2/c22-16-5-3-4-15(20(16)25)18(24)12-13-8-10-14(11-9-13)26-21-23-17-6-1-2-7-19(17)27-21/h1-11,25H,12H2. The summed E-state index contributed by atoms with van der Waals surface area (Å²) in [6.45, 7) is 0. The Morgan fingerprint density at radius 3 is 2.59 bits per heavy atom. The van der Waals surface area contributed by atoms with E-state index in [1.807, 2.05) is 42.5 Å². The fourth-order valence-electron chi connectivity index (χ4n) is 2.69. The molecule has 0 fully saturated rings. The van der Waals surface area contributed by atoms with Gasteiger partial charge >= 0.3 is 0 Å². The van der Waals surface area contributed by atoms with Gasteiger partial charge in [0.15, 0.2) is 10.1 Å². The first-order valence-electron chi connectivity index (χ1n) is 8.23. The number of aromatic hydroxyl groups is 1. The third kappa shape index (κ3) is 4.08. The van der Waals surface area contributed by atoms with Gasteiger partial charge in [0.25, 0.3) is 0 Å². The zero-order chi connectivity index (χ0) is 18.8. The Hall–Kier alpha value is -2.15. The fourth-order valence-corrected chi connectivity index (χ4v) is 5.10. The van der Waals surface area contributed by atoms with Crippen molar-refractivity contribution < 1.29 is 9.90 Å². The molecule has 0 aliphatic heterocycles. The molecule has 0 saturated heterocycles. The molecule has 0 unspecified atom stereocenters. The molecule has 3 aromatic carbocycles. The number of fused-ring (bicyclic) bond motifs is 1. The van der Waals surface area contributed by atoms with Gasteiger partial charge in [-0.3, -0.25) is 4.79 Å². The second kappa shape index (κ2) is 7.84. The van der Waals surface area contributed by atoms with Gasteiger partial charge in [-0.15, -0.1) is 11.3 Å². The van der Waals surface area contributed by atoms with E-state index in [0.29, 0.717) is 10.0 Å². The largest absolute Gasteiger partial charge is 0.506 e. The highest BCUT2D eigenvalue weighted by Gasteiger charge is 2.14. The lowest BCUT2D eigenvalue weighted by Gasteiger charge is -2.06. The van der Waals surface area contributed by atoms with Crippen molar-refractivity contribution in [2.45, 2.75) is 15.7 Å². The van der Waals surface area contributed by atoms with Gasteiger partial charge in [-0.05, 0) is 57.9 Å². The number of Topliss-reactive ketones (excluding diaryl/α,β-unsaturated/α-hetero) is 1. The molecule has 0 radical (unpaired) electrons. The van der Waals surface area contributed by atoms with E-state index in [9.17, 15) is 9.90 Å². The lowest BCUT2D eigenvalue weighted by molar-refractivity contribution is 0.0990. The summed E-state index contributed by atoms with van der Waals surface area (Å²) in [5, 5.41) is 10.0. The molecule has 6 heteroatoms. The second-order valence-electron chi connectivity index (χ2n) is 5.93. The Kier molecular flexibility index (Phi) is 5.29. The van der Waals surface area contributed by atoms with E-state index < -0.39 is 0 Å². The van der Waals surface area contributed by atoms with Crippen LogP contribution in [0.2, 0.25) is 0 Å². The number of para-hydroxylation sites is 2. The molecule has 0 spiro atoms. The molecule has 0 aliphatic rings. The summed E-state index contributed by atoms with van der Waals surface area (Å²) in [6.07, 6.45) is 0.246. The molecule has 1 aromatic heterocycles. The molecule has 0 saturated carbocycles. The number of hydrogen-bond acceptors (Lipinski definition) is 5. The van der Waals surface area contributed by atoms with Crippen LogP contribution in [0.1, 0.15) is 15.9 Å². The van der Waals surface area contributed by atoms with Crippen LogP contribution in [-0.2, 0) is 6.42 Å². The fraction of sp³-hybridized carbons (Fsp3) is 0.0476. The van der Waals surface area contributed by atoms with Crippen LogP contribution in [0, 0.1) is 0 Å². The van der Waals surface area contributed by atoms with Gasteiger partial charge in [-0.1, -0.05) is 42.1 Å². The first-order valence-corrected chi connectivity index (χ1v) is 10.7. The highest BCUT2D eigenvalue weighted by Crippen LogP contribution is 2.34. The van der Waals surface area contributed by atoms with Crippen molar-refractivity contribution in [1.82, 2.24) is 4.98 Å². The number of benzene rings is 3. The minimum absolute atomic E-state index is 0.00879. The van der Waals surface area contributed by atoms with Crippen LogP contribution in [0.15, 0.2) is 80.4 Å². The Balaban J connectivity index is 1.47. The second-order valence-corrected chi connectivity index (χ2v) is 9.14. The maximum Gasteiger partial charge on any atom is 0.170 e. The smallest absolute Gasteiger partial charge is 0.170 e. The lowest BCUT2D eigenvalue weighted by atomic mass is 10.0. The number of rotatable bonds is 5. The maximum absolute atomic E-state index is 12.5. The molecule has 134 valence electrons. The molecule has 0 atom stereocenters. The average molecular weight is 456 g/mol. The summed E-state index contributed by atoms with van der Waals surface area (Å²) in [4.78, 5) is 18.2. The number of ketones is 1. The Morgan fingerprint density at radius 2 is 1.81 bits per heavy atom. The Morgan fingerprint density at radius 1 is 1.04 bits per heavy atom. The van der Waals surface area contributed by atoms with Crippen LogP contribution in [0.3, 0.4) is 0 Å². The predicted molar refractivity (Wildman–Crippen MR) is 114 cm³/mol. The van der Waals surface area contributed by atoms with Gasteiger partial charge in [0.2, 0.25) is 0 Å². The number of nitrogens with zero attached hydrogens (tertiary/aromatic N) is 1. The Labute approximate surface area is 173 Å². The van der Waals surface area contributed by atoms with Gasteiger partial charge in [0.1, 0.15) is 5.75 Å². The number of carbonyl (C=O) groups excluding carboxylic acids is 1. The molecule has 27 heavy (non-hydrogen) atoms. The zero-order valence-electron chi connectivity index (χ0n) is 14.1. The number of thiazole rings is 1. The summed E-state index contributed by atoms with van der Waals surface area (Å²) in [5.41, 5.74) is 2.26. The summed E-state index contributed by atoms with van der Waals surface area (Å²) < 4.78 is 2.70. The summed E-state index contributed by atoms with van der Waals surface area (Å²) in [5.74, 6) is -0.120. The quantitative estimate of drug-likeness (QED) is 0.356. The van der Waals surface area contributed by atoms with Crippen molar-refractivity contribution in [2.75, 3.05) is 0 Å². The number of halogens is 1. The lowest BCUT2D eigenvalue weighted by Crippen LogP contribution is -2.04. The van der Waals surface area contributed by atoms with E-state index in [1.165, 1.54) is 4.70 Å². The highest BCUT2D eigenvalue weighted by atomic mass is 79.9. The Bertz CT molecular complexity index is 1090. The van der Waals surface area contributed by atoms with Crippen molar-refractivity contribution in [3.8, 4) is 5.75 Å². The van der Waals surface area contributed by atoms with E-state index in [0.717, 1.165) is 20.3 Å². The van der Waals surface area contributed by atoms with Crippen molar-refractivity contribution in [2.24, 2.45) is 0 Å². The summed E-state index contributed by atoms with van der Waals surface area (Å²) in [6, 6.07) is 21.1. The van der Waals surface area contributed by atoms with Crippen LogP contribution in [0.5, 0.6) is 5.75 Å². The molecule has 0 aliphatic carbocycles. The highest BCUT2D eigenvalue weighted by molar-refractivity contribution is 9.10. The van der Waals surface area contributed by atoms with Gasteiger partial charge in [0.05, 0.1) is 20.3 Å². The minimum Gasteiger partial charge on any atom is -0.506 e. The number of hydrogen-bond donors (Lipinski definition) is 1. The molecule has 0 amide bonds. The normalized spacial score (nSPS) is 11.0. The average Bonchev–Trinajstić information content (AvgIpc) is 3.08. The van der Waals surface area contributed by atoms with Crippen molar-refractivity contribution in [3.63, 3.8) is 0 Å². The molecule has 4 aromatic rings. The van der Waals surface area contributed by atoms with Gasteiger partial charge in [-0.2, -0.15) is 0 Å². The van der Waals surface area contributed by atoms with E-state index in [1.54, 1.807) is 41.3 Å². The molecule has 1 N–H and O–H groups in total. The van der Waals surface area contributed by atoms with E-state index in [2.05, 4.69) is 27.0 Å². The summed E-state index contributed by atoms with van der Waals surface area (Å²) >= 11 is 6.53. The molecular weight excluding hydrogens is 442 g/mol.